The third-order valence-corrected chi connectivity index (χ3v) is 10.7. The first-order valence-corrected chi connectivity index (χ1v) is 18.1. The molecule has 0 bridgehead atoms. The first kappa shape index (κ1) is 35.9. The standard InChI is InChI=1S/C32H43F3N2O5S2/c1-23-9-6-7-12-26(23)28-21-25(13-14-27(28)30(38)36-29(31(39)40)16-19-43-2)22-37(18-15-24-10-4-3-5-11-24)44(41,42)20-8-17-32(33,34)35/h6-7,9,12-14,21,24,29H,3-5,8,10-11,15-20,22H2,1-2H3,(H,36,38)(H,39,40). The molecule has 0 spiro atoms. The SMILES string of the molecule is CSCCC(NC(=O)c1ccc(CN(CCC2CCCCC2)S(=O)(=O)CCCC(F)(F)F)cc1-c1ccccc1C)C(=O)O. The highest BCUT2D eigenvalue weighted by molar-refractivity contribution is 7.98. The third kappa shape index (κ3) is 11.1. The molecule has 2 aromatic carbocycles. The zero-order valence-corrected chi connectivity index (χ0v) is 27.0. The van der Waals surface area contributed by atoms with Gasteiger partial charge in [-0.05, 0) is 78.5 Å². The summed E-state index contributed by atoms with van der Waals surface area (Å²) in [4.78, 5) is 25.2. The van der Waals surface area contributed by atoms with E-state index in [1.807, 2.05) is 37.4 Å². The first-order chi connectivity index (χ1) is 20.8. The summed E-state index contributed by atoms with van der Waals surface area (Å²) in [5.41, 5.74) is 2.95. The van der Waals surface area contributed by atoms with Gasteiger partial charge in [-0.25, -0.2) is 13.2 Å². The quantitative estimate of drug-likeness (QED) is 0.201. The highest BCUT2D eigenvalue weighted by Crippen LogP contribution is 2.31. The lowest BCUT2D eigenvalue weighted by Crippen LogP contribution is -2.41. The molecule has 1 aliphatic rings. The van der Waals surface area contributed by atoms with Crippen LogP contribution in [-0.2, 0) is 21.4 Å². The molecule has 1 atom stereocenters. The number of nitrogens with zero attached hydrogens (tertiary/aromatic N) is 1. The Morgan fingerprint density at radius 1 is 1.09 bits per heavy atom. The van der Waals surface area contributed by atoms with E-state index in [-0.39, 0.29) is 25.1 Å². The summed E-state index contributed by atoms with van der Waals surface area (Å²) < 4.78 is 66.5. The number of carboxylic acid groups (broad SMARTS) is 1. The maximum absolute atomic E-state index is 13.4. The Hall–Kier alpha value is -2.57. The molecule has 12 heteroatoms. The molecule has 2 aromatic rings. The average Bonchev–Trinajstić information content (AvgIpc) is 2.97. The van der Waals surface area contributed by atoms with Gasteiger partial charge in [0.15, 0.2) is 0 Å². The second kappa shape index (κ2) is 16.7. The van der Waals surface area contributed by atoms with Crippen LogP contribution < -0.4 is 5.32 Å². The van der Waals surface area contributed by atoms with Crippen LogP contribution in [0.15, 0.2) is 42.5 Å². The smallest absolute Gasteiger partial charge is 0.389 e. The average molecular weight is 657 g/mol. The van der Waals surface area contributed by atoms with Crippen molar-refractivity contribution in [2.24, 2.45) is 5.92 Å². The number of halogens is 3. The van der Waals surface area contributed by atoms with Crippen LogP contribution >= 0.6 is 11.8 Å². The summed E-state index contributed by atoms with van der Waals surface area (Å²) in [5.74, 6) is -1.37. The number of carboxylic acids is 1. The number of hydrogen-bond donors (Lipinski definition) is 2. The van der Waals surface area contributed by atoms with Crippen LogP contribution in [0.1, 0.15) is 79.3 Å². The number of aryl methyl sites for hydroxylation is 1. The molecule has 1 unspecified atom stereocenters. The molecular weight excluding hydrogens is 613 g/mol. The molecule has 3 rings (SSSR count). The predicted molar refractivity (Wildman–Crippen MR) is 169 cm³/mol. The summed E-state index contributed by atoms with van der Waals surface area (Å²) in [7, 11) is -4.00. The van der Waals surface area contributed by atoms with Crippen molar-refractivity contribution >= 4 is 33.7 Å². The lowest BCUT2D eigenvalue weighted by molar-refractivity contribution is -0.139. The Morgan fingerprint density at radius 2 is 1.80 bits per heavy atom. The largest absolute Gasteiger partial charge is 0.480 e. The monoisotopic (exact) mass is 656 g/mol. The minimum atomic E-state index is -4.43. The van der Waals surface area contributed by atoms with Gasteiger partial charge in [-0.2, -0.15) is 29.2 Å². The molecule has 1 saturated carbocycles. The number of nitrogens with one attached hydrogen (secondary N) is 1. The number of aliphatic carboxylic acids is 1. The molecule has 2 N–H and O–H groups in total. The van der Waals surface area contributed by atoms with E-state index in [4.69, 9.17) is 0 Å². The molecule has 0 heterocycles. The Kier molecular flexibility index (Phi) is 13.6. The predicted octanol–water partition coefficient (Wildman–Crippen LogP) is 7.04. The highest BCUT2D eigenvalue weighted by Gasteiger charge is 2.30. The molecule has 1 aliphatic carbocycles. The van der Waals surface area contributed by atoms with Crippen LogP contribution in [0, 0.1) is 12.8 Å². The number of sulfonamides is 1. The number of carbonyl (C=O) groups excluding carboxylic acids is 1. The van der Waals surface area contributed by atoms with E-state index in [0.717, 1.165) is 43.2 Å². The number of thioether (sulfide) groups is 1. The van der Waals surface area contributed by atoms with Crippen molar-refractivity contribution in [1.29, 1.82) is 0 Å². The number of benzene rings is 2. The zero-order valence-electron chi connectivity index (χ0n) is 25.4. The summed E-state index contributed by atoms with van der Waals surface area (Å²) in [6.07, 6.45) is 1.98. The molecule has 244 valence electrons. The molecule has 1 fully saturated rings. The van der Waals surface area contributed by atoms with Gasteiger partial charge in [0, 0.05) is 25.1 Å². The fourth-order valence-electron chi connectivity index (χ4n) is 5.62. The molecule has 1 amide bonds. The summed E-state index contributed by atoms with van der Waals surface area (Å²) in [6, 6.07) is 11.2. The van der Waals surface area contributed by atoms with E-state index in [0.29, 0.717) is 29.2 Å². The summed E-state index contributed by atoms with van der Waals surface area (Å²) in [5, 5.41) is 12.3. The summed E-state index contributed by atoms with van der Waals surface area (Å²) in [6.45, 7) is 2.04. The van der Waals surface area contributed by atoms with Crippen LogP contribution in [0.5, 0.6) is 0 Å². The fraction of sp³-hybridized carbons (Fsp3) is 0.562. The molecule has 0 aliphatic heterocycles. The van der Waals surface area contributed by atoms with Gasteiger partial charge in [0.1, 0.15) is 6.04 Å². The Balaban J connectivity index is 1.94. The normalized spacial score (nSPS) is 15.3. The van der Waals surface area contributed by atoms with E-state index >= 15 is 0 Å². The van der Waals surface area contributed by atoms with Crippen molar-refractivity contribution in [2.45, 2.75) is 83.5 Å². The van der Waals surface area contributed by atoms with Crippen LogP contribution in [0.2, 0.25) is 0 Å². The maximum atomic E-state index is 13.4. The van der Waals surface area contributed by atoms with Gasteiger partial charge in [0.05, 0.1) is 5.75 Å². The molecule has 44 heavy (non-hydrogen) atoms. The van der Waals surface area contributed by atoms with E-state index < -0.39 is 52.7 Å². The number of amides is 1. The van der Waals surface area contributed by atoms with Crippen molar-refractivity contribution in [3.05, 3.63) is 59.2 Å². The van der Waals surface area contributed by atoms with Crippen molar-refractivity contribution in [1.82, 2.24) is 9.62 Å². The van der Waals surface area contributed by atoms with Crippen LogP contribution in [0.4, 0.5) is 13.2 Å². The second-order valence-electron chi connectivity index (χ2n) is 11.5. The van der Waals surface area contributed by atoms with E-state index in [2.05, 4.69) is 5.32 Å². The Labute approximate surface area is 263 Å². The van der Waals surface area contributed by atoms with Crippen LogP contribution in [-0.4, -0.2) is 66.2 Å². The lowest BCUT2D eigenvalue weighted by atomic mass is 9.87. The number of alkyl halides is 3. The first-order valence-electron chi connectivity index (χ1n) is 15.1. The van der Waals surface area contributed by atoms with Crippen molar-refractivity contribution in [2.75, 3.05) is 24.3 Å². The van der Waals surface area contributed by atoms with Crippen molar-refractivity contribution in [3.63, 3.8) is 0 Å². The van der Waals surface area contributed by atoms with Crippen molar-refractivity contribution < 1.29 is 36.3 Å². The van der Waals surface area contributed by atoms with Gasteiger partial charge >= 0.3 is 12.1 Å². The van der Waals surface area contributed by atoms with Gasteiger partial charge in [0.25, 0.3) is 5.91 Å². The third-order valence-electron chi connectivity index (χ3n) is 8.10. The second-order valence-corrected chi connectivity index (χ2v) is 14.6. The molecular formula is C32H43F3N2O5S2. The van der Waals surface area contributed by atoms with E-state index in [1.54, 1.807) is 18.2 Å². The fourth-order valence-corrected chi connectivity index (χ4v) is 7.59. The number of hydrogen-bond acceptors (Lipinski definition) is 5. The van der Waals surface area contributed by atoms with Gasteiger partial charge < -0.3 is 10.4 Å². The van der Waals surface area contributed by atoms with Gasteiger partial charge in [-0.15, -0.1) is 0 Å². The lowest BCUT2D eigenvalue weighted by Gasteiger charge is -2.27. The van der Waals surface area contributed by atoms with Crippen LogP contribution in [0.3, 0.4) is 0 Å². The molecule has 0 radical (unpaired) electrons. The highest BCUT2D eigenvalue weighted by atomic mass is 32.2. The Bertz CT molecular complexity index is 1360. The van der Waals surface area contributed by atoms with E-state index in [1.165, 1.54) is 16.1 Å². The van der Waals surface area contributed by atoms with Gasteiger partial charge in [0.2, 0.25) is 10.0 Å². The molecule has 0 saturated heterocycles. The van der Waals surface area contributed by atoms with Gasteiger partial charge in [-0.1, -0.05) is 62.4 Å². The molecule has 7 nitrogen and oxygen atoms in total. The van der Waals surface area contributed by atoms with Crippen molar-refractivity contribution in [3.8, 4) is 11.1 Å². The Morgan fingerprint density at radius 3 is 2.43 bits per heavy atom. The minimum Gasteiger partial charge on any atom is -0.480 e. The van der Waals surface area contributed by atoms with Gasteiger partial charge in [-0.3, -0.25) is 4.79 Å². The minimum absolute atomic E-state index is 0.0483. The van der Waals surface area contributed by atoms with E-state index in [9.17, 15) is 36.3 Å². The topological polar surface area (TPSA) is 104 Å². The van der Waals surface area contributed by atoms with Crippen LogP contribution in [0.25, 0.3) is 11.1 Å². The maximum Gasteiger partial charge on any atom is 0.389 e. The number of rotatable bonds is 16. The molecule has 0 aromatic heterocycles. The summed E-state index contributed by atoms with van der Waals surface area (Å²) >= 11 is 1.48. The number of carbonyl (C=O) groups is 2. The zero-order chi connectivity index (χ0) is 32.3.